The van der Waals surface area contributed by atoms with Crippen molar-refractivity contribution in [3.63, 3.8) is 0 Å². The molecule has 2 aliphatic heterocycles. The van der Waals surface area contributed by atoms with Crippen molar-refractivity contribution in [1.82, 2.24) is 0 Å². The van der Waals surface area contributed by atoms with Gasteiger partial charge in [-0.15, -0.1) is 0 Å². The molecule has 0 aromatic heterocycles. The largest absolute Gasteiger partial charge is 0.269 e. The minimum absolute atomic E-state index is 0.358. The van der Waals surface area contributed by atoms with Crippen LogP contribution in [-0.2, 0) is 19.2 Å². The molecule has 2 heterocycles. The smallest absolute Gasteiger partial charge is 0.261 e. The van der Waals surface area contributed by atoms with Crippen LogP contribution in [0.3, 0.4) is 0 Å². The van der Waals surface area contributed by atoms with Crippen LogP contribution in [0.4, 0.5) is 11.4 Å². The molecule has 2 aliphatic rings. The minimum Gasteiger partial charge on any atom is -0.269 e. The Morgan fingerprint density at radius 2 is 1.00 bits per heavy atom. The number of amides is 4. The molecule has 0 saturated heterocycles. The van der Waals surface area contributed by atoms with E-state index in [2.05, 4.69) is 0 Å². The van der Waals surface area contributed by atoms with E-state index in [1.54, 1.807) is 40.7 Å². The van der Waals surface area contributed by atoms with Gasteiger partial charge in [0.2, 0.25) is 0 Å². The van der Waals surface area contributed by atoms with Crippen molar-refractivity contribution in [2.75, 3.05) is 9.80 Å². The molecule has 128 valence electrons. The van der Waals surface area contributed by atoms with Gasteiger partial charge in [-0.2, -0.15) is 0 Å². The minimum atomic E-state index is -0.420. The highest BCUT2D eigenvalue weighted by molar-refractivity contribution is 6.33. The van der Waals surface area contributed by atoms with Gasteiger partial charge < -0.3 is 0 Å². The maximum absolute atomic E-state index is 12.4. The van der Waals surface area contributed by atoms with Gasteiger partial charge in [0, 0.05) is 23.3 Å². The normalized spacial score (nSPS) is 17.6. The van der Waals surface area contributed by atoms with Gasteiger partial charge in [-0.05, 0) is 51.3 Å². The second kappa shape index (κ2) is 5.51. The molecular formula is C19H18N2O4. The van der Waals surface area contributed by atoms with Gasteiger partial charge in [0.25, 0.3) is 23.6 Å². The predicted octanol–water partition coefficient (Wildman–Crippen LogP) is 2.25. The molecule has 0 bridgehead atoms. The van der Waals surface area contributed by atoms with Crippen LogP contribution in [0.15, 0.2) is 29.4 Å². The first-order valence-corrected chi connectivity index (χ1v) is 7.89. The Kier molecular flexibility index (Phi) is 3.71. The molecule has 3 rings (SSSR count). The topological polar surface area (TPSA) is 74.8 Å². The number of rotatable bonds is 2. The van der Waals surface area contributed by atoms with Gasteiger partial charge in [0.15, 0.2) is 0 Å². The van der Waals surface area contributed by atoms with Crippen LogP contribution < -0.4 is 9.80 Å². The van der Waals surface area contributed by atoms with Gasteiger partial charge in [0.1, 0.15) is 0 Å². The number of hydrogen-bond acceptors (Lipinski definition) is 4. The van der Waals surface area contributed by atoms with E-state index in [0.717, 1.165) is 20.9 Å². The fourth-order valence-corrected chi connectivity index (χ4v) is 3.45. The van der Waals surface area contributed by atoms with E-state index in [4.69, 9.17) is 0 Å². The highest BCUT2D eigenvalue weighted by Gasteiger charge is 2.36. The number of imide groups is 2. The average Bonchev–Trinajstić information content (AvgIpc) is 2.90. The van der Waals surface area contributed by atoms with Crippen molar-refractivity contribution >= 4 is 35.0 Å². The molecule has 0 atom stereocenters. The Morgan fingerprint density at radius 1 is 0.640 bits per heavy atom. The van der Waals surface area contributed by atoms with Crippen molar-refractivity contribution in [3.05, 3.63) is 46.1 Å². The van der Waals surface area contributed by atoms with Gasteiger partial charge in [-0.3, -0.25) is 19.2 Å². The number of carbonyl (C=O) groups is 4. The van der Waals surface area contributed by atoms with E-state index in [9.17, 15) is 19.2 Å². The third kappa shape index (κ3) is 2.33. The van der Waals surface area contributed by atoms with Crippen LogP contribution in [0.25, 0.3) is 0 Å². The Labute approximate surface area is 145 Å². The molecule has 6 nitrogen and oxygen atoms in total. The summed E-state index contributed by atoms with van der Waals surface area (Å²) in [6.45, 7) is 8.48. The van der Waals surface area contributed by atoms with E-state index in [-0.39, 0.29) is 11.8 Å². The molecule has 4 amide bonds. The van der Waals surface area contributed by atoms with Gasteiger partial charge in [0.05, 0.1) is 11.4 Å². The fraction of sp³-hybridized carbons (Fsp3) is 0.263. The van der Waals surface area contributed by atoms with E-state index < -0.39 is 11.8 Å². The zero-order valence-corrected chi connectivity index (χ0v) is 14.8. The quantitative estimate of drug-likeness (QED) is 0.775. The summed E-state index contributed by atoms with van der Waals surface area (Å²) in [6.07, 6.45) is 2.58. The number of carbonyl (C=O) groups excluding carboxylic acids is 4. The summed E-state index contributed by atoms with van der Waals surface area (Å²) in [5.41, 5.74) is 3.57. The second-order valence-electron chi connectivity index (χ2n) is 6.44. The number of anilines is 2. The predicted molar refractivity (Wildman–Crippen MR) is 93.2 cm³/mol. The summed E-state index contributed by atoms with van der Waals surface area (Å²) >= 11 is 0. The summed E-state index contributed by atoms with van der Waals surface area (Å²) < 4.78 is 0. The van der Waals surface area contributed by atoms with E-state index in [1.807, 2.05) is 0 Å². The van der Waals surface area contributed by atoms with E-state index >= 15 is 0 Å². The van der Waals surface area contributed by atoms with Crippen molar-refractivity contribution in [2.24, 2.45) is 0 Å². The molecule has 0 unspecified atom stereocenters. The van der Waals surface area contributed by atoms with Crippen LogP contribution in [0, 0.1) is 20.8 Å². The maximum Gasteiger partial charge on any atom is 0.261 e. The first-order chi connectivity index (χ1) is 11.6. The van der Waals surface area contributed by atoms with Crippen LogP contribution in [0.5, 0.6) is 0 Å². The Balaban J connectivity index is 2.21. The lowest BCUT2D eigenvalue weighted by Crippen LogP contribution is -2.35. The number of benzene rings is 1. The third-order valence-electron chi connectivity index (χ3n) is 4.54. The highest BCUT2D eigenvalue weighted by atomic mass is 16.2. The van der Waals surface area contributed by atoms with Crippen LogP contribution >= 0.6 is 0 Å². The van der Waals surface area contributed by atoms with Crippen molar-refractivity contribution in [2.45, 2.75) is 34.6 Å². The van der Waals surface area contributed by atoms with Crippen molar-refractivity contribution < 1.29 is 19.2 Å². The first-order valence-electron chi connectivity index (χ1n) is 7.89. The molecular weight excluding hydrogens is 320 g/mol. The lowest BCUT2D eigenvalue weighted by Gasteiger charge is -2.26. The monoisotopic (exact) mass is 338 g/mol. The summed E-state index contributed by atoms with van der Waals surface area (Å²) in [6, 6.07) is 1.78. The molecule has 0 aliphatic carbocycles. The van der Waals surface area contributed by atoms with E-state index in [1.165, 1.54) is 12.2 Å². The van der Waals surface area contributed by atoms with Crippen LogP contribution in [0.1, 0.15) is 30.5 Å². The molecule has 0 N–H and O–H groups in total. The zero-order chi connectivity index (χ0) is 18.6. The number of aryl methyl sites for hydroxylation is 2. The van der Waals surface area contributed by atoms with Gasteiger partial charge in [-0.25, -0.2) is 9.80 Å². The zero-order valence-electron chi connectivity index (χ0n) is 14.8. The van der Waals surface area contributed by atoms with Gasteiger partial charge in [-0.1, -0.05) is 6.07 Å². The standard InChI is InChI=1S/C19H18N2O4/c1-9-6-10(2)17(21-15(23)8-12(4)19(21)25)13(5)16(9)20-14(22)7-11(3)18(20)24/h6-8H,1-5H3. The fourth-order valence-electron chi connectivity index (χ4n) is 3.45. The number of hydrogen-bond donors (Lipinski definition) is 0. The molecule has 1 aromatic rings. The van der Waals surface area contributed by atoms with Crippen LogP contribution in [-0.4, -0.2) is 23.6 Å². The molecule has 0 radical (unpaired) electrons. The lowest BCUT2D eigenvalue weighted by atomic mass is 9.99. The second-order valence-corrected chi connectivity index (χ2v) is 6.44. The SMILES string of the molecule is CC1=CC(=O)N(c2c(C)cc(C)c(N3C(=O)C=C(C)C3=O)c2C)C1=O. The number of nitrogens with zero attached hydrogens (tertiary/aromatic N) is 2. The Morgan fingerprint density at radius 3 is 1.28 bits per heavy atom. The van der Waals surface area contributed by atoms with Crippen molar-refractivity contribution in [3.8, 4) is 0 Å². The maximum atomic E-state index is 12.4. The highest BCUT2D eigenvalue weighted by Crippen LogP contribution is 2.39. The molecule has 0 spiro atoms. The third-order valence-corrected chi connectivity index (χ3v) is 4.54. The van der Waals surface area contributed by atoms with E-state index in [0.29, 0.717) is 28.1 Å². The summed E-state index contributed by atoms with van der Waals surface area (Å²) in [7, 11) is 0. The lowest BCUT2D eigenvalue weighted by molar-refractivity contribution is -0.121. The van der Waals surface area contributed by atoms with Gasteiger partial charge >= 0.3 is 0 Å². The Hall–Kier alpha value is -3.02. The van der Waals surface area contributed by atoms with Crippen molar-refractivity contribution in [1.29, 1.82) is 0 Å². The summed E-state index contributed by atoms with van der Waals surface area (Å²) in [4.78, 5) is 51.5. The summed E-state index contributed by atoms with van der Waals surface area (Å²) in [5.74, 6) is -1.62. The summed E-state index contributed by atoms with van der Waals surface area (Å²) in [5, 5.41) is 0. The molecule has 25 heavy (non-hydrogen) atoms. The molecule has 0 fully saturated rings. The van der Waals surface area contributed by atoms with Crippen LogP contribution in [0.2, 0.25) is 0 Å². The average molecular weight is 338 g/mol. The molecule has 0 saturated carbocycles. The first kappa shape index (κ1) is 16.8. The Bertz CT molecular complexity index is 865. The molecule has 6 heteroatoms. The molecule has 1 aromatic carbocycles.